The summed E-state index contributed by atoms with van der Waals surface area (Å²) in [5.41, 5.74) is 0.833. The molecule has 2 N–H and O–H groups in total. The van der Waals surface area contributed by atoms with Crippen molar-refractivity contribution in [2.24, 2.45) is 11.8 Å². The first-order chi connectivity index (χ1) is 8.08. The van der Waals surface area contributed by atoms with E-state index < -0.39 is 17.8 Å². The van der Waals surface area contributed by atoms with Gasteiger partial charge in [0, 0.05) is 12.5 Å². The van der Waals surface area contributed by atoms with Gasteiger partial charge < -0.3 is 10.4 Å². The highest BCUT2D eigenvalue weighted by Crippen LogP contribution is 2.22. The third-order valence-electron chi connectivity index (χ3n) is 2.97. The number of hydrogen-bond donors (Lipinski definition) is 2. The molecule has 1 aliphatic rings. The Labute approximate surface area is 97.4 Å². The van der Waals surface area contributed by atoms with Crippen LogP contribution in [0.3, 0.4) is 0 Å². The van der Waals surface area contributed by atoms with Crippen molar-refractivity contribution >= 4 is 11.9 Å². The number of aliphatic carboxylic acids is 1. The minimum atomic E-state index is -1.10. The van der Waals surface area contributed by atoms with Crippen LogP contribution >= 0.6 is 0 Å². The van der Waals surface area contributed by atoms with E-state index in [0.717, 1.165) is 5.56 Å². The molecule has 0 saturated carbocycles. The molecule has 1 fully saturated rings. The van der Waals surface area contributed by atoms with Crippen LogP contribution in [0.25, 0.3) is 0 Å². The Morgan fingerprint density at radius 1 is 1.41 bits per heavy atom. The van der Waals surface area contributed by atoms with Gasteiger partial charge in [-0.15, -0.1) is 0 Å². The number of halogens is 1. The van der Waals surface area contributed by atoms with Gasteiger partial charge in [-0.2, -0.15) is 0 Å². The van der Waals surface area contributed by atoms with Crippen molar-refractivity contribution in [1.82, 2.24) is 5.32 Å². The molecule has 0 spiro atoms. The number of hydrogen-bond acceptors (Lipinski definition) is 2. The van der Waals surface area contributed by atoms with E-state index in [1.165, 1.54) is 12.1 Å². The molecular weight excluding hydrogens is 225 g/mol. The van der Waals surface area contributed by atoms with E-state index in [1.807, 2.05) is 0 Å². The van der Waals surface area contributed by atoms with E-state index in [2.05, 4.69) is 5.32 Å². The van der Waals surface area contributed by atoms with Crippen molar-refractivity contribution in [3.63, 3.8) is 0 Å². The van der Waals surface area contributed by atoms with Crippen molar-refractivity contribution in [2.75, 3.05) is 6.54 Å². The lowest BCUT2D eigenvalue weighted by molar-refractivity contribution is -0.146. The molecule has 2 atom stereocenters. The van der Waals surface area contributed by atoms with Crippen LogP contribution < -0.4 is 5.32 Å². The second-order valence-corrected chi connectivity index (χ2v) is 4.15. The molecule has 5 heteroatoms. The summed E-state index contributed by atoms with van der Waals surface area (Å²) in [5, 5.41) is 11.5. The van der Waals surface area contributed by atoms with E-state index >= 15 is 0 Å². The zero-order valence-corrected chi connectivity index (χ0v) is 9.02. The lowest BCUT2D eigenvalue weighted by atomic mass is 9.89. The first kappa shape index (κ1) is 11.6. The number of carboxylic acids is 1. The second-order valence-electron chi connectivity index (χ2n) is 4.15. The summed E-state index contributed by atoms with van der Waals surface area (Å²) >= 11 is 0. The summed E-state index contributed by atoms with van der Waals surface area (Å²) in [6, 6.07) is 5.87. The smallest absolute Gasteiger partial charge is 0.316 e. The topological polar surface area (TPSA) is 66.4 Å². The maximum atomic E-state index is 12.7. The van der Waals surface area contributed by atoms with Gasteiger partial charge in [0.15, 0.2) is 0 Å². The van der Waals surface area contributed by atoms with E-state index in [4.69, 9.17) is 5.11 Å². The van der Waals surface area contributed by atoms with Crippen LogP contribution in [0.1, 0.15) is 5.56 Å². The highest BCUT2D eigenvalue weighted by Gasteiger charge is 2.39. The van der Waals surface area contributed by atoms with Gasteiger partial charge in [0.2, 0.25) is 5.91 Å². The van der Waals surface area contributed by atoms with E-state index in [1.54, 1.807) is 12.1 Å². The fourth-order valence-electron chi connectivity index (χ4n) is 2.10. The zero-order valence-electron chi connectivity index (χ0n) is 9.02. The van der Waals surface area contributed by atoms with Crippen LogP contribution in [0, 0.1) is 17.7 Å². The summed E-state index contributed by atoms with van der Waals surface area (Å²) in [5.74, 6) is -3.15. The molecule has 1 heterocycles. The number of amides is 1. The van der Waals surface area contributed by atoms with Gasteiger partial charge in [-0.1, -0.05) is 12.1 Å². The van der Waals surface area contributed by atoms with E-state index in [-0.39, 0.29) is 11.7 Å². The molecule has 1 aromatic carbocycles. The number of nitrogens with one attached hydrogen (secondary N) is 1. The maximum absolute atomic E-state index is 12.7. The first-order valence-corrected chi connectivity index (χ1v) is 5.33. The molecule has 1 aromatic rings. The molecule has 1 saturated heterocycles. The van der Waals surface area contributed by atoms with Crippen molar-refractivity contribution in [3.8, 4) is 0 Å². The van der Waals surface area contributed by atoms with Crippen LogP contribution in [0.15, 0.2) is 24.3 Å². The number of carbonyl (C=O) groups is 2. The average molecular weight is 237 g/mol. The van der Waals surface area contributed by atoms with Gasteiger partial charge in [-0.25, -0.2) is 4.39 Å². The van der Waals surface area contributed by atoms with Crippen molar-refractivity contribution in [2.45, 2.75) is 6.42 Å². The van der Waals surface area contributed by atoms with Gasteiger partial charge in [-0.3, -0.25) is 9.59 Å². The quantitative estimate of drug-likeness (QED) is 0.765. The Hall–Kier alpha value is -1.91. The lowest BCUT2D eigenvalue weighted by Crippen LogP contribution is -2.28. The molecule has 1 amide bonds. The van der Waals surface area contributed by atoms with Gasteiger partial charge in [0.1, 0.15) is 11.7 Å². The number of rotatable bonds is 3. The highest BCUT2D eigenvalue weighted by atomic mass is 19.1. The predicted molar refractivity (Wildman–Crippen MR) is 57.7 cm³/mol. The lowest BCUT2D eigenvalue weighted by Gasteiger charge is -2.12. The standard InChI is InChI=1S/C12H12FNO3/c13-9-3-1-7(2-4-9)5-8-6-14-11(15)10(8)12(16)17/h1-4,8,10H,5-6H2,(H,14,15)(H,16,17). The van der Waals surface area contributed by atoms with Gasteiger partial charge in [0.05, 0.1) is 0 Å². The average Bonchev–Trinajstić information content (AvgIpc) is 2.63. The van der Waals surface area contributed by atoms with Crippen LogP contribution in [0.5, 0.6) is 0 Å². The van der Waals surface area contributed by atoms with Crippen molar-refractivity contribution in [1.29, 1.82) is 0 Å². The van der Waals surface area contributed by atoms with Gasteiger partial charge in [-0.05, 0) is 24.1 Å². The minimum Gasteiger partial charge on any atom is -0.481 e. The largest absolute Gasteiger partial charge is 0.481 e. The summed E-state index contributed by atoms with van der Waals surface area (Å²) in [4.78, 5) is 22.3. The molecule has 0 aromatic heterocycles. The Balaban J connectivity index is 2.10. The van der Waals surface area contributed by atoms with Crippen LogP contribution in [0.2, 0.25) is 0 Å². The van der Waals surface area contributed by atoms with Crippen LogP contribution in [0.4, 0.5) is 4.39 Å². The number of carbonyl (C=O) groups excluding carboxylic acids is 1. The summed E-state index contributed by atoms with van der Waals surface area (Å²) in [6.07, 6.45) is 0.454. The molecule has 0 aliphatic carbocycles. The predicted octanol–water partition coefficient (Wildman–Crippen LogP) is 0.815. The third-order valence-corrected chi connectivity index (χ3v) is 2.97. The fourth-order valence-corrected chi connectivity index (χ4v) is 2.10. The minimum absolute atomic E-state index is 0.273. The normalized spacial score (nSPS) is 23.5. The molecule has 2 unspecified atom stereocenters. The summed E-state index contributed by atoms with van der Waals surface area (Å²) < 4.78 is 12.7. The molecule has 17 heavy (non-hydrogen) atoms. The molecular formula is C12H12FNO3. The highest BCUT2D eigenvalue weighted by molar-refractivity contribution is 5.98. The molecule has 1 aliphatic heterocycles. The molecule has 0 radical (unpaired) electrons. The first-order valence-electron chi connectivity index (χ1n) is 5.33. The van der Waals surface area contributed by atoms with Crippen LogP contribution in [-0.4, -0.2) is 23.5 Å². The Kier molecular flexibility index (Phi) is 3.08. The number of benzene rings is 1. The number of carboxylic acid groups (broad SMARTS) is 1. The molecule has 0 bridgehead atoms. The Bertz CT molecular complexity index is 444. The second kappa shape index (κ2) is 4.53. The molecule has 4 nitrogen and oxygen atoms in total. The summed E-state index contributed by atoms with van der Waals surface area (Å²) in [7, 11) is 0. The van der Waals surface area contributed by atoms with Gasteiger partial charge in [0.25, 0.3) is 0 Å². The molecule has 2 rings (SSSR count). The SMILES string of the molecule is O=C(O)C1C(=O)NCC1Cc1ccc(F)cc1. The van der Waals surface area contributed by atoms with Crippen molar-refractivity contribution in [3.05, 3.63) is 35.6 Å². The van der Waals surface area contributed by atoms with E-state index in [9.17, 15) is 14.0 Å². The fraction of sp³-hybridized carbons (Fsp3) is 0.333. The maximum Gasteiger partial charge on any atom is 0.316 e. The monoisotopic (exact) mass is 237 g/mol. The van der Waals surface area contributed by atoms with E-state index in [0.29, 0.717) is 13.0 Å². The van der Waals surface area contributed by atoms with Crippen LogP contribution in [-0.2, 0) is 16.0 Å². The summed E-state index contributed by atoms with van der Waals surface area (Å²) in [6.45, 7) is 0.354. The van der Waals surface area contributed by atoms with Crippen molar-refractivity contribution < 1.29 is 19.1 Å². The Morgan fingerprint density at radius 3 is 2.65 bits per heavy atom. The Morgan fingerprint density at radius 2 is 2.06 bits per heavy atom. The zero-order chi connectivity index (χ0) is 12.4. The molecule has 90 valence electrons. The third kappa shape index (κ3) is 2.43. The van der Waals surface area contributed by atoms with Gasteiger partial charge >= 0.3 is 5.97 Å².